The second-order valence-electron chi connectivity index (χ2n) is 6.63. The molecule has 0 fully saturated rings. The summed E-state index contributed by atoms with van der Waals surface area (Å²) < 4.78 is 5.18. The van der Waals surface area contributed by atoms with Crippen LogP contribution in [-0.4, -0.2) is 36.7 Å². The predicted molar refractivity (Wildman–Crippen MR) is 113 cm³/mol. The smallest absolute Gasteiger partial charge is 0.340 e. The topological polar surface area (TPSA) is 87.7 Å². The molecule has 150 valence electrons. The number of para-hydroxylation sites is 1. The summed E-state index contributed by atoms with van der Waals surface area (Å²) in [5.74, 6) is -0.974. The minimum atomic E-state index is -0.598. The monoisotopic (exact) mass is 392 g/mol. The van der Waals surface area contributed by atoms with Crippen molar-refractivity contribution in [1.29, 1.82) is 0 Å². The Kier molecular flexibility index (Phi) is 6.81. The van der Waals surface area contributed by atoms with Crippen LogP contribution < -0.4 is 10.6 Å². The first-order valence-electron chi connectivity index (χ1n) is 9.48. The number of amides is 1. The second-order valence-corrected chi connectivity index (χ2v) is 6.63. The van der Waals surface area contributed by atoms with Crippen molar-refractivity contribution in [2.24, 2.45) is 0 Å². The van der Waals surface area contributed by atoms with Crippen molar-refractivity contribution in [3.8, 4) is 0 Å². The summed E-state index contributed by atoms with van der Waals surface area (Å²) in [7, 11) is 0. The maximum Gasteiger partial charge on any atom is 0.340 e. The zero-order chi connectivity index (χ0) is 20.6. The average molecular weight is 392 g/mol. The lowest BCUT2D eigenvalue weighted by Gasteiger charge is -2.17. The van der Waals surface area contributed by atoms with Crippen molar-refractivity contribution in [2.75, 3.05) is 25.1 Å². The molecule has 1 amide bonds. The summed E-state index contributed by atoms with van der Waals surface area (Å²) in [6.07, 6.45) is 0. The van der Waals surface area contributed by atoms with Gasteiger partial charge in [0, 0.05) is 12.2 Å². The van der Waals surface area contributed by atoms with E-state index in [2.05, 4.69) is 10.6 Å². The van der Waals surface area contributed by atoms with Crippen LogP contribution in [0, 0.1) is 0 Å². The van der Waals surface area contributed by atoms with E-state index in [4.69, 9.17) is 9.84 Å². The largest absolute Gasteiger partial charge is 0.452 e. The van der Waals surface area contributed by atoms with Gasteiger partial charge in [-0.1, -0.05) is 54.6 Å². The zero-order valence-electron chi connectivity index (χ0n) is 16.2. The van der Waals surface area contributed by atoms with E-state index in [0.29, 0.717) is 17.8 Å². The Morgan fingerprint density at radius 1 is 1.00 bits per heavy atom. The number of aliphatic hydroxyl groups excluding tert-OH is 1. The number of esters is 1. The molecule has 0 bridgehead atoms. The third kappa shape index (κ3) is 5.12. The van der Waals surface area contributed by atoms with Crippen LogP contribution >= 0.6 is 0 Å². The third-order valence-electron chi connectivity index (χ3n) is 4.58. The number of aliphatic hydroxyl groups is 1. The molecule has 29 heavy (non-hydrogen) atoms. The predicted octanol–water partition coefficient (Wildman–Crippen LogP) is 3.28. The molecule has 3 aromatic rings. The van der Waals surface area contributed by atoms with Crippen molar-refractivity contribution < 1.29 is 19.4 Å². The number of hydrogen-bond donors (Lipinski definition) is 3. The van der Waals surface area contributed by atoms with Crippen LogP contribution in [-0.2, 0) is 9.53 Å². The SMILES string of the molecule is C[C@H](NC(=O)COC(=O)c1ccccc1NCCO)c1cccc2ccccc12. The third-order valence-corrected chi connectivity index (χ3v) is 4.58. The summed E-state index contributed by atoms with van der Waals surface area (Å²) >= 11 is 0. The van der Waals surface area contributed by atoms with Crippen LogP contribution in [0.25, 0.3) is 10.8 Å². The number of carbonyl (C=O) groups excluding carboxylic acids is 2. The molecule has 0 radical (unpaired) electrons. The number of benzene rings is 3. The molecular formula is C23H24N2O4. The number of anilines is 1. The number of ether oxygens (including phenoxy) is 1. The van der Waals surface area contributed by atoms with Crippen LogP contribution in [0.1, 0.15) is 28.9 Å². The summed E-state index contributed by atoms with van der Waals surface area (Å²) in [4.78, 5) is 24.7. The average Bonchev–Trinajstić information content (AvgIpc) is 2.75. The molecule has 3 N–H and O–H groups in total. The van der Waals surface area contributed by atoms with Crippen molar-refractivity contribution in [2.45, 2.75) is 13.0 Å². The zero-order valence-corrected chi connectivity index (χ0v) is 16.2. The van der Waals surface area contributed by atoms with Crippen molar-refractivity contribution in [1.82, 2.24) is 5.32 Å². The van der Waals surface area contributed by atoms with E-state index >= 15 is 0 Å². The van der Waals surface area contributed by atoms with Gasteiger partial charge in [-0.2, -0.15) is 0 Å². The minimum Gasteiger partial charge on any atom is -0.452 e. The van der Waals surface area contributed by atoms with Crippen molar-refractivity contribution in [3.05, 3.63) is 77.9 Å². The van der Waals surface area contributed by atoms with E-state index in [1.54, 1.807) is 24.3 Å². The molecule has 0 aliphatic rings. The molecule has 3 rings (SSSR count). The maximum atomic E-state index is 12.4. The number of nitrogens with one attached hydrogen (secondary N) is 2. The van der Waals surface area contributed by atoms with Gasteiger partial charge in [-0.3, -0.25) is 4.79 Å². The minimum absolute atomic E-state index is 0.0577. The van der Waals surface area contributed by atoms with Gasteiger partial charge in [0.15, 0.2) is 6.61 Å². The molecule has 0 saturated heterocycles. The van der Waals surface area contributed by atoms with Gasteiger partial charge in [-0.25, -0.2) is 4.79 Å². The molecule has 0 unspecified atom stereocenters. The number of carbonyl (C=O) groups is 2. The van der Waals surface area contributed by atoms with E-state index in [0.717, 1.165) is 16.3 Å². The highest BCUT2D eigenvalue weighted by molar-refractivity contribution is 5.96. The highest BCUT2D eigenvalue weighted by atomic mass is 16.5. The van der Waals surface area contributed by atoms with Gasteiger partial charge in [-0.15, -0.1) is 0 Å². The fourth-order valence-corrected chi connectivity index (χ4v) is 3.20. The Morgan fingerprint density at radius 2 is 1.72 bits per heavy atom. The summed E-state index contributed by atoms with van der Waals surface area (Å²) in [5, 5.41) is 16.9. The fourth-order valence-electron chi connectivity index (χ4n) is 3.20. The molecule has 3 aromatic carbocycles. The first-order valence-corrected chi connectivity index (χ1v) is 9.48. The van der Waals surface area contributed by atoms with Crippen LogP contribution in [0.15, 0.2) is 66.7 Å². The normalized spacial score (nSPS) is 11.7. The first-order chi connectivity index (χ1) is 14.1. The highest BCUT2D eigenvalue weighted by Gasteiger charge is 2.16. The molecule has 0 heterocycles. The first kappa shape index (κ1) is 20.4. The molecule has 0 aliphatic carbocycles. The van der Waals surface area contributed by atoms with Gasteiger partial charge < -0.3 is 20.5 Å². The molecule has 1 atom stereocenters. The Morgan fingerprint density at radius 3 is 2.55 bits per heavy atom. The van der Waals surface area contributed by atoms with Gasteiger partial charge in [0.2, 0.25) is 0 Å². The summed E-state index contributed by atoms with van der Waals surface area (Å²) in [6.45, 7) is 1.78. The fraction of sp³-hybridized carbons (Fsp3) is 0.217. The molecule has 6 heteroatoms. The van der Waals surface area contributed by atoms with E-state index in [1.165, 1.54) is 0 Å². The van der Waals surface area contributed by atoms with E-state index < -0.39 is 5.97 Å². The van der Waals surface area contributed by atoms with Gasteiger partial charge in [-0.05, 0) is 35.4 Å². The Bertz CT molecular complexity index is 998. The molecule has 0 saturated carbocycles. The van der Waals surface area contributed by atoms with Gasteiger partial charge in [0.25, 0.3) is 5.91 Å². The molecule has 0 aliphatic heterocycles. The van der Waals surface area contributed by atoms with E-state index in [-0.39, 0.29) is 25.2 Å². The lowest BCUT2D eigenvalue weighted by molar-refractivity contribution is -0.124. The van der Waals surface area contributed by atoms with E-state index in [9.17, 15) is 9.59 Å². The summed E-state index contributed by atoms with van der Waals surface area (Å²) in [5.41, 5.74) is 1.87. The maximum absolute atomic E-state index is 12.4. The molecule has 6 nitrogen and oxygen atoms in total. The second kappa shape index (κ2) is 9.71. The Balaban J connectivity index is 1.60. The molecular weight excluding hydrogens is 368 g/mol. The van der Waals surface area contributed by atoms with Crippen LogP contribution in [0.2, 0.25) is 0 Å². The van der Waals surface area contributed by atoms with Crippen molar-refractivity contribution >= 4 is 28.3 Å². The quantitative estimate of drug-likeness (QED) is 0.512. The lowest BCUT2D eigenvalue weighted by Crippen LogP contribution is -2.31. The highest BCUT2D eigenvalue weighted by Crippen LogP contribution is 2.24. The Labute approximate surface area is 169 Å². The number of rotatable bonds is 8. The molecule has 0 aromatic heterocycles. The van der Waals surface area contributed by atoms with Crippen LogP contribution in [0.5, 0.6) is 0 Å². The summed E-state index contributed by atoms with van der Waals surface area (Å²) in [6, 6.07) is 20.5. The number of hydrogen-bond acceptors (Lipinski definition) is 5. The standard InChI is InChI=1S/C23H24N2O4/c1-16(18-11-6-8-17-7-2-3-9-19(17)18)25-22(27)15-29-23(28)20-10-4-5-12-21(20)24-13-14-26/h2-12,16,24,26H,13-15H2,1H3,(H,25,27)/t16-/m0/s1. The van der Waals surface area contributed by atoms with E-state index in [1.807, 2.05) is 49.4 Å². The molecule has 0 spiro atoms. The van der Waals surface area contributed by atoms with Gasteiger partial charge in [0.05, 0.1) is 18.2 Å². The van der Waals surface area contributed by atoms with Crippen molar-refractivity contribution in [3.63, 3.8) is 0 Å². The lowest BCUT2D eigenvalue weighted by atomic mass is 10.00. The van der Waals surface area contributed by atoms with Gasteiger partial charge >= 0.3 is 5.97 Å². The van der Waals surface area contributed by atoms with Gasteiger partial charge in [0.1, 0.15) is 0 Å². The van der Waals surface area contributed by atoms with Crippen LogP contribution in [0.4, 0.5) is 5.69 Å². The Hall–Kier alpha value is -3.38. The number of fused-ring (bicyclic) bond motifs is 1. The van der Waals surface area contributed by atoms with Crippen LogP contribution in [0.3, 0.4) is 0 Å².